The second kappa shape index (κ2) is 7.08. The lowest BCUT2D eigenvalue weighted by molar-refractivity contribution is -0.114. The monoisotopic (exact) mass is 394 g/mol. The molecule has 7 heteroatoms. The fourth-order valence-corrected chi connectivity index (χ4v) is 3.85. The van der Waals surface area contributed by atoms with E-state index in [0.29, 0.717) is 55.2 Å². The van der Waals surface area contributed by atoms with Crippen LogP contribution in [0.1, 0.15) is 28.8 Å². The van der Waals surface area contributed by atoms with Crippen LogP contribution in [0.15, 0.2) is 36.4 Å². The first-order valence-electron chi connectivity index (χ1n) is 9.81. The number of anilines is 1. The average molecular weight is 394 g/mol. The predicted molar refractivity (Wildman–Crippen MR) is 106 cm³/mol. The molecule has 5 rings (SSSR count). The van der Waals surface area contributed by atoms with Crippen molar-refractivity contribution in [2.24, 2.45) is 0 Å². The highest BCUT2D eigenvalue weighted by Crippen LogP contribution is 2.41. The van der Waals surface area contributed by atoms with Crippen molar-refractivity contribution >= 4 is 17.4 Å². The number of ether oxygens (including phenoxy) is 3. The van der Waals surface area contributed by atoms with Crippen LogP contribution in [0.25, 0.3) is 0 Å². The molecule has 0 spiro atoms. The van der Waals surface area contributed by atoms with Crippen LogP contribution in [0.5, 0.6) is 17.2 Å². The molecule has 2 aliphatic heterocycles. The number of rotatable bonds is 6. The summed E-state index contributed by atoms with van der Waals surface area (Å²) < 4.78 is 16.4. The largest absolute Gasteiger partial charge is 0.497 e. The second-order valence-corrected chi connectivity index (χ2v) is 7.54. The molecule has 29 heavy (non-hydrogen) atoms. The summed E-state index contributed by atoms with van der Waals surface area (Å²) in [6, 6.07) is 11.7. The zero-order valence-electron chi connectivity index (χ0n) is 16.2. The van der Waals surface area contributed by atoms with Gasteiger partial charge < -0.3 is 14.2 Å². The minimum Gasteiger partial charge on any atom is -0.497 e. The van der Waals surface area contributed by atoms with Crippen LogP contribution in [-0.2, 0) is 11.3 Å². The van der Waals surface area contributed by atoms with Crippen LogP contribution in [-0.4, -0.2) is 49.6 Å². The number of benzene rings is 2. The normalized spacial score (nSPS) is 17.7. The van der Waals surface area contributed by atoms with E-state index >= 15 is 0 Å². The molecular weight excluding hydrogens is 372 g/mol. The molecule has 0 atom stereocenters. The lowest BCUT2D eigenvalue weighted by Crippen LogP contribution is -2.41. The van der Waals surface area contributed by atoms with E-state index in [9.17, 15) is 9.59 Å². The first-order chi connectivity index (χ1) is 14.1. The van der Waals surface area contributed by atoms with Gasteiger partial charge >= 0.3 is 5.91 Å². The van der Waals surface area contributed by atoms with Gasteiger partial charge in [0.15, 0.2) is 11.5 Å². The molecule has 7 nitrogen and oxygen atoms in total. The molecule has 0 aromatic heterocycles. The summed E-state index contributed by atoms with van der Waals surface area (Å²) in [5, 5.41) is 0. The number of carbonyl (C=O) groups excluding carboxylic acids is 2. The van der Waals surface area contributed by atoms with Crippen molar-refractivity contribution in [2.75, 3.05) is 31.9 Å². The molecular formula is C22H22N2O5. The zero-order valence-corrected chi connectivity index (χ0v) is 16.2. The maximum absolute atomic E-state index is 12.7. The molecule has 150 valence electrons. The Morgan fingerprint density at radius 1 is 1.07 bits per heavy atom. The van der Waals surface area contributed by atoms with Gasteiger partial charge in [0, 0.05) is 18.7 Å². The van der Waals surface area contributed by atoms with Gasteiger partial charge in [0.05, 0.1) is 25.0 Å². The lowest BCUT2D eigenvalue weighted by Gasteiger charge is -2.28. The molecule has 1 saturated carbocycles. The Kier molecular flexibility index (Phi) is 4.39. The molecule has 1 aliphatic carbocycles. The number of carbonyl (C=O) groups is 2. The quantitative estimate of drug-likeness (QED) is 0.702. The van der Waals surface area contributed by atoms with Gasteiger partial charge in [0.2, 0.25) is 0 Å². The number of methoxy groups -OCH3 is 1. The molecule has 2 heterocycles. The molecule has 2 aromatic carbocycles. The van der Waals surface area contributed by atoms with Crippen LogP contribution >= 0.6 is 0 Å². The van der Waals surface area contributed by atoms with E-state index in [1.165, 1.54) is 0 Å². The first-order valence-corrected chi connectivity index (χ1v) is 9.81. The third-order valence-electron chi connectivity index (χ3n) is 5.57. The van der Waals surface area contributed by atoms with Crippen LogP contribution < -0.4 is 19.1 Å². The summed E-state index contributed by atoms with van der Waals surface area (Å²) in [5.74, 6) is 0.929. The van der Waals surface area contributed by atoms with Crippen LogP contribution in [0.4, 0.5) is 5.69 Å². The van der Waals surface area contributed by atoms with E-state index in [1.54, 1.807) is 24.1 Å². The fraction of sp³-hybridized carbons (Fsp3) is 0.364. The van der Waals surface area contributed by atoms with E-state index in [-0.39, 0.29) is 0 Å². The van der Waals surface area contributed by atoms with Crippen LogP contribution in [0, 0.1) is 0 Å². The average Bonchev–Trinajstić information content (AvgIpc) is 3.57. The maximum atomic E-state index is 12.7. The zero-order chi connectivity index (χ0) is 20.0. The van der Waals surface area contributed by atoms with Gasteiger partial charge in [-0.1, -0.05) is 12.1 Å². The van der Waals surface area contributed by atoms with Gasteiger partial charge in [0.1, 0.15) is 19.0 Å². The summed E-state index contributed by atoms with van der Waals surface area (Å²) in [7, 11) is 1.65. The van der Waals surface area contributed by atoms with Gasteiger partial charge in [-0.2, -0.15) is 0 Å². The van der Waals surface area contributed by atoms with Gasteiger partial charge in [0.25, 0.3) is 5.78 Å². The van der Waals surface area contributed by atoms with Crippen molar-refractivity contribution in [3.8, 4) is 17.2 Å². The highest BCUT2D eigenvalue weighted by atomic mass is 16.6. The summed E-state index contributed by atoms with van der Waals surface area (Å²) in [5.41, 5.74) is 2.13. The Labute approximate surface area is 168 Å². The summed E-state index contributed by atoms with van der Waals surface area (Å²) in [6.45, 7) is 1.97. The Balaban J connectivity index is 1.41. The Morgan fingerprint density at radius 2 is 1.76 bits per heavy atom. The van der Waals surface area contributed by atoms with Crippen LogP contribution in [0.3, 0.4) is 0 Å². The predicted octanol–water partition coefficient (Wildman–Crippen LogP) is 2.62. The van der Waals surface area contributed by atoms with Crippen molar-refractivity contribution in [3.63, 3.8) is 0 Å². The molecule has 0 bridgehead atoms. The van der Waals surface area contributed by atoms with Crippen molar-refractivity contribution in [1.82, 2.24) is 4.90 Å². The van der Waals surface area contributed by atoms with Crippen molar-refractivity contribution in [2.45, 2.75) is 25.4 Å². The van der Waals surface area contributed by atoms with Gasteiger partial charge in [-0.15, -0.1) is 0 Å². The van der Waals surface area contributed by atoms with Gasteiger partial charge in [-0.25, -0.2) is 0 Å². The Morgan fingerprint density at radius 3 is 2.41 bits per heavy atom. The lowest BCUT2D eigenvalue weighted by atomic mass is 10.1. The molecule has 0 N–H and O–H groups in total. The molecule has 1 fully saturated rings. The minimum absolute atomic E-state index is 0.369. The van der Waals surface area contributed by atoms with Crippen molar-refractivity contribution < 1.29 is 23.8 Å². The molecule has 0 radical (unpaired) electrons. The SMILES string of the molecule is COc1ccc(CN(CN2C(=O)C(=O)c3cc4c(cc32)OCCO4)C2CC2)cc1. The third-order valence-corrected chi connectivity index (χ3v) is 5.57. The van der Waals surface area contributed by atoms with Gasteiger partial charge in [-0.05, 0) is 36.6 Å². The smallest absolute Gasteiger partial charge is 0.300 e. The van der Waals surface area contributed by atoms with Crippen molar-refractivity contribution in [1.29, 1.82) is 0 Å². The van der Waals surface area contributed by atoms with E-state index in [2.05, 4.69) is 4.90 Å². The highest BCUT2D eigenvalue weighted by molar-refractivity contribution is 6.52. The third kappa shape index (κ3) is 3.31. The first kappa shape index (κ1) is 18.0. The van der Waals surface area contributed by atoms with E-state index in [1.807, 2.05) is 24.3 Å². The second-order valence-electron chi connectivity index (χ2n) is 7.54. The fourth-order valence-electron chi connectivity index (χ4n) is 3.85. The molecule has 3 aliphatic rings. The number of nitrogens with zero attached hydrogens (tertiary/aromatic N) is 2. The summed E-state index contributed by atoms with van der Waals surface area (Å²) in [6.07, 6.45) is 2.19. The van der Waals surface area contributed by atoms with Crippen LogP contribution in [0.2, 0.25) is 0 Å². The molecule has 2 aromatic rings. The standard InChI is InChI=1S/C22H22N2O5/c1-27-16-6-2-14(3-7-16)12-23(15-4-5-15)13-24-18-11-20-19(28-8-9-29-20)10-17(18)21(25)22(24)26/h2-3,6-7,10-11,15H,4-5,8-9,12-13H2,1H3. The Hall–Kier alpha value is -3.06. The number of hydrogen-bond donors (Lipinski definition) is 0. The van der Waals surface area contributed by atoms with E-state index in [0.717, 1.165) is 24.2 Å². The van der Waals surface area contributed by atoms with E-state index < -0.39 is 11.7 Å². The maximum Gasteiger partial charge on any atom is 0.300 e. The number of fused-ring (bicyclic) bond motifs is 2. The number of ketones is 1. The number of hydrogen-bond acceptors (Lipinski definition) is 6. The number of amides is 1. The Bertz CT molecular complexity index is 968. The summed E-state index contributed by atoms with van der Waals surface area (Å²) >= 11 is 0. The molecule has 0 unspecified atom stereocenters. The summed E-state index contributed by atoms with van der Waals surface area (Å²) in [4.78, 5) is 29.1. The molecule has 1 amide bonds. The minimum atomic E-state index is -0.497. The van der Waals surface area contributed by atoms with Crippen molar-refractivity contribution in [3.05, 3.63) is 47.5 Å². The topological polar surface area (TPSA) is 68.3 Å². The number of Topliss-reactive ketones (excluding diaryl/α,β-unsaturated/α-hetero) is 1. The van der Waals surface area contributed by atoms with E-state index in [4.69, 9.17) is 14.2 Å². The van der Waals surface area contributed by atoms with Gasteiger partial charge in [-0.3, -0.25) is 19.4 Å². The molecule has 0 saturated heterocycles. The highest BCUT2D eigenvalue weighted by Gasteiger charge is 2.40.